The second kappa shape index (κ2) is 6.04. The van der Waals surface area contributed by atoms with Crippen LogP contribution in [0.15, 0.2) is 0 Å². The summed E-state index contributed by atoms with van der Waals surface area (Å²) in [5, 5.41) is 8.86. The van der Waals surface area contributed by atoms with Crippen LogP contribution < -0.4 is 5.32 Å². The number of piperazine rings is 1. The summed E-state index contributed by atoms with van der Waals surface area (Å²) >= 11 is 6.45. The average Bonchev–Trinajstić information content (AvgIpc) is 2.69. The molecule has 0 spiro atoms. The third-order valence-electron chi connectivity index (χ3n) is 3.69. The van der Waals surface area contributed by atoms with Gasteiger partial charge in [0.1, 0.15) is 0 Å². The van der Waals surface area contributed by atoms with Crippen molar-refractivity contribution in [3.05, 3.63) is 16.4 Å². The van der Waals surface area contributed by atoms with Crippen molar-refractivity contribution in [2.75, 3.05) is 19.6 Å². The maximum atomic E-state index is 6.45. The van der Waals surface area contributed by atoms with Crippen molar-refractivity contribution in [1.29, 1.82) is 0 Å². The van der Waals surface area contributed by atoms with Crippen LogP contribution in [0.4, 0.5) is 0 Å². The van der Waals surface area contributed by atoms with Gasteiger partial charge in [0.2, 0.25) is 0 Å². The van der Waals surface area contributed by atoms with E-state index in [0.717, 1.165) is 49.9 Å². The number of aryl methyl sites for hydroxylation is 2. The Morgan fingerprint density at radius 3 is 2.83 bits per heavy atom. The summed E-state index contributed by atoms with van der Waals surface area (Å²) in [5.74, 6) is 0. The van der Waals surface area contributed by atoms with Crippen LogP contribution in [0.5, 0.6) is 0 Å². The average molecular weight is 271 g/mol. The first-order valence-electron chi connectivity index (χ1n) is 6.86. The van der Waals surface area contributed by atoms with Crippen molar-refractivity contribution < 1.29 is 0 Å². The van der Waals surface area contributed by atoms with Crippen molar-refractivity contribution >= 4 is 11.6 Å². The normalized spacial score (nSPS) is 21.4. The highest BCUT2D eigenvalue weighted by atomic mass is 35.5. The summed E-state index contributed by atoms with van der Waals surface area (Å²) in [6.45, 7) is 11.5. The minimum Gasteiger partial charge on any atom is -0.314 e. The maximum Gasteiger partial charge on any atom is 0.0863 e. The lowest BCUT2D eigenvalue weighted by atomic mass is 10.2. The lowest BCUT2D eigenvalue weighted by Gasteiger charge is -2.33. The van der Waals surface area contributed by atoms with E-state index in [4.69, 9.17) is 11.6 Å². The quantitative estimate of drug-likeness (QED) is 0.907. The SMILES string of the molecule is CCc1nn(CC)c(CN2CCNC[C@H]2C)c1Cl. The Balaban J connectivity index is 2.19. The van der Waals surface area contributed by atoms with Gasteiger partial charge in [-0.15, -0.1) is 0 Å². The number of halogens is 1. The van der Waals surface area contributed by atoms with Gasteiger partial charge in [0.05, 0.1) is 16.4 Å². The van der Waals surface area contributed by atoms with Crippen LogP contribution in [0.3, 0.4) is 0 Å². The molecule has 1 fully saturated rings. The van der Waals surface area contributed by atoms with Gasteiger partial charge in [-0.25, -0.2) is 0 Å². The summed E-state index contributed by atoms with van der Waals surface area (Å²) in [7, 11) is 0. The first kappa shape index (κ1) is 13.8. The van der Waals surface area contributed by atoms with Crippen LogP contribution in [0.25, 0.3) is 0 Å². The van der Waals surface area contributed by atoms with Crippen molar-refractivity contribution in [1.82, 2.24) is 20.0 Å². The Hall–Kier alpha value is -0.580. The summed E-state index contributed by atoms with van der Waals surface area (Å²) in [6.07, 6.45) is 0.899. The molecule has 18 heavy (non-hydrogen) atoms. The zero-order valence-corrected chi connectivity index (χ0v) is 12.3. The highest BCUT2D eigenvalue weighted by molar-refractivity contribution is 6.31. The number of hydrogen-bond acceptors (Lipinski definition) is 3. The van der Waals surface area contributed by atoms with E-state index in [9.17, 15) is 0 Å². The Kier molecular flexibility index (Phi) is 4.65. The summed E-state index contributed by atoms with van der Waals surface area (Å²) in [6, 6.07) is 0.556. The van der Waals surface area contributed by atoms with Gasteiger partial charge in [0, 0.05) is 38.8 Å². The van der Waals surface area contributed by atoms with E-state index < -0.39 is 0 Å². The van der Waals surface area contributed by atoms with E-state index in [2.05, 4.69) is 40.8 Å². The summed E-state index contributed by atoms with van der Waals surface area (Å²) < 4.78 is 2.05. The molecule has 1 atom stereocenters. The van der Waals surface area contributed by atoms with Crippen molar-refractivity contribution in [3.63, 3.8) is 0 Å². The second-order valence-corrected chi connectivity index (χ2v) is 5.28. The fourth-order valence-corrected chi connectivity index (χ4v) is 2.81. The monoisotopic (exact) mass is 270 g/mol. The molecular formula is C13H23ClN4. The van der Waals surface area contributed by atoms with Gasteiger partial charge in [0.15, 0.2) is 0 Å². The molecule has 2 rings (SSSR count). The maximum absolute atomic E-state index is 6.45. The molecule has 5 heteroatoms. The van der Waals surface area contributed by atoms with E-state index in [1.165, 1.54) is 5.69 Å². The van der Waals surface area contributed by atoms with E-state index in [-0.39, 0.29) is 0 Å². The smallest absolute Gasteiger partial charge is 0.0863 e. The summed E-state index contributed by atoms with van der Waals surface area (Å²) in [4.78, 5) is 2.48. The summed E-state index contributed by atoms with van der Waals surface area (Å²) in [5.41, 5.74) is 2.20. The molecule has 0 aromatic carbocycles. The molecule has 1 aromatic rings. The molecule has 0 aliphatic carbocycles. The number of nitrogens with zero attached hydrogens (tertiary/aromatic N) is 3. The molecule has 1 aromatic heterocycles. The minimum absolute atomic E-state index is 0.556. The third kappa shape index (κ3) is 2.71. The van der Waals surface area contributed by atoms with Gasteiger partial charge in [-0.1, -0.05) is 18.5 Å². The van der Waals surface area contributed by atoms with Crippen molar-refractivity contribution in [3.8, 4) is 0 Å². The predicted molar refractivity (Wildman–Crippen MR) is 75.0 cm³/mol. The highest BCUT2D eigenvalue weighted by Crippen LogP contribution is 2.24. The van der Waals surface area contributed by atoms with E-state index in [1.807, 2.05) is 0 Å². The fourth-order valence-electron chi connectivity index (χ4n) is 2.48. The van der Waals surface area contributed by atoms with Gasteiger partial charge in [0.25, 0.3) is 0 Å². The van der Waals surface area contributed by atoms with Crippen LogP contribution in [0.1, 0.15) is 32.2 Å². The first-order chi connectivity index (χ1) is 8.67. The second-order valence-electron chi connectivity index (χ2n) is 4.90. The van der Waals surface area contributed by atoms with Crippen molar-refractivity contribution in [2.24, 2.45) is 0 Å². The molecule has 2 heterocycles. The molecule has 1 aliphatic heterocycles. The molecule has 0 radical (unpaired) electrons. The first-order valence-corrected chi connectivity index (χ1v) is 7.24. The standard InChI is InChI=1S/C13H23ClN4/c1-4-11-13(14)12(18(5-2)16-11)9-17-7-6-15-8-10(17)3/h10,15H,4-9H2,1-3H3/t10-/m1/s1. The van der Waals surface area contributed by atoms with Crippen molar-refractivity contribution in [2.45, 2.75) is 46.3 Å². The van der Waals surface area contributed by atoms with Gasteiger partial charge >= 0.3 is 0 Å². The molecule has 102 valence electrons. The Labute approximate surface area is 114 Å². The Morgan fingerprint density at radius 1 is 1.44 bits per heavy atom. The minimum atomic E-state index is 0.556. The number of aromatic nitrogens is 2. The molecule has 0 amide bonds. The van der Waals surface area contributed by atoms with E-state index in [1.54, 1.807) is 0 Å². The zero-order chi connectivity index (χ0) is 13.1. The number of hydrogen-bond donors (Lipinski definition) is 1. The Bertz CT molecular complexity index is 402. The van der Waals surface area contributed by atoms with Crippen LogP contribution in [0.2, 0.25) is 5.02 Å². The number of nitrogens with one attached hydrogen (secondary N) is 1. The third-order valence-corrected chi connectivity index (χ3v) is 4.12. The molecular weight excluding hydrogens is 248 g/mol. The largest absolute Gasteiger partial charge is 0.314 e. The van der Waals surface area contributed by atoms with E-state index >= 15 is 0 Å². The van der Waals surface area contributed by atoms with Crippen LogP contribution >= 0.6 is 11.6 Å². The molecule has 0 saturated carbocycles. The lowest BCUT2D eigenvalue weighted by Crippen LogP contribution is -2.49. The molecule has 1 saturated heterocycles. The molecule has 1 N–H and O–H groups in total. The molecule has 0 unspecified atom stereocenters. The fraction of sp³-hybridized carbons (Fsp3) is 0.769. The van der Waals surface area contributed by atoms with Gasteiger partial charge in [-0.3, -0.25) is 9.58 Å². The van der Waals surface area contributed by atoms with Gasteiger partial charge < -0.3 is 5.32 Å². The van der Waals surface area contributed by atoms with Gasteiger partial charge in [-0.05, 0) is 20.3 Å². The Morgan fingerprint density at radius 2 is 2.22 bits per heavy atom. The number of rotatable bonds is 4. The topological polar surface area (TPSA) is 33.1 Å². The predicted octanol–water partition coefficient (Wildman–Crippen LogP) is 1.91. The molecule has 1 aliphatic rings. The van der Waals surface area contributed by atoms with Crippen LogP contribution in [-0.4, -0.2) is 40.4 Å². The zero-order valence-electron chi connectivity index (χ0n) is 11.5. The van der Waals surface area contributed by atoms with Crippen LogP contribution in [-0.2, 0) is 19.5 Å². The molecule has 0 bridgehead atoms. The van der Waals surface area contributed by atoms with Crippen LogP contribution in [0, 0.1) is 0 Å². The molecule has 4 nitrogen and oxygen atoms in total. The highest BCUT2D eigenvalue weighted by Gasteiger charge is 2.22. The van der Waals surface area contributed by atoms with Gasteiger partial charge in [-0.2, -0.15) is 5.10 Å². The van der Waals surface area contributed by atoms with E-state index in [0.29, 0.717) is 6.04 Å². The lowest BCUT2D eigenvalue weighted by molar-refractivity contribution is 0.161.